The number of hydrogen-bond acceptors (Lipinski definition) is 5. The number of hydrogen-bond donors (Lipinski definition) is 2. The summed E-state index contributed by atoms with van der Waals surface area (Å²) in [5.41, 5.74) is 0.546. The molecule has 0 amide bonds. The molecule has 3 aromatic rings. The maximum Gasteiger partial charge on any atom is 0.418 e. The van der Waals surface area contributed by atoms with Crippen LogP contribution in [0.1, 0.15) is 5.56 Å². The van der Waals surface area contributed by atoms with E-state index in [0.29, 0.717) is 49.2 Å². The van der Waals surface area contributed by atoms with Crippen molar-refractivity contribution in [3.63, 3.8) is 0 Å². The van der Waals surface area contributed by atoms with Gasteiger partial charge in [0, 0.05) is 25.4 Å². The van der Waals surface area contributed by atoms with E-state index in [2.05, 4.69) is 21.4 Å². The Kier molecular flexibility index (Phi) is 4.76. The first-order chi connectivity index (χ1) is 13.5. The molecule has 0 aliphatic carbocycles. The molecular weight excluding hydrogens is 373 g/mol. The number of fused-ring (bicyclic) bond motifs is 1. The van der Waals surface area contributed by atoms with Crippen LogP contribution in [0.15, 0.2) is 30.5 Å². The van der Waals surface area contributed by atoms with Crippen LogP contribution in [0.5, 0.6) is 5.75 Å². The molecule has 4 rings (SSSR count). The Bertz CT molecular complexity index is 981. The first kappa shape index (κ1) is 18.4. The minimum atomic E-state index is -4.48. The lowest BCUT2D eigenvalue weighted by Crippen LogP contribution is -2.36. The predicted molar refractivity (Wildman–Crippen MR) is 99.2 cm³/mol. The lowest BCUT2D eigenvalue weighted by molar-refractivity contribution is -0.136. The number of methoxy groups -OCH3 is 1. The molecular formula is C19H18F3N4O2. The summed E-state index contributed by atoms with van der Waals surface area (Å²) in [7, 11) is 1.53. The highest BCUT2D eigenvalue weighted by molar-refractivity contribution is 5.95. The maximum atomic E-state index is 13.5. The molecule has 1 saturated heterocycles. The van der Waals surface area contributed by atoms with Crippen LogP contribution < -0.4 is 15.0 Å². The van der Waals surface area contributed by atoms with Crippen molar-refractivity contribution in [2.45, 2.75) is 6.18 Å². The molecule has 147 valence electrons. The van der Waals surface area contributed by atoms with Crippen LogP contribution in [0, 0.1) is 6.07 Å². The van der Waals surface area contributed by atoms with E-state index in [1.807, 2.05) is 4.90 Å². The lowest BCUT2D eigenvalue weighted by atomic mass is 10.1. The lowest BCUT2D eigenvalue weighted by Gasteiger charge is -2.30. The molecule has 0 saturated carbocycles. The van der Waals surface area contributed by atoms with Gasteiger partial charge in [-0.2, -0.15) is 13.2 Å². The van der Waals surface area contributed by atoms with Crippen LogP contribution in [0.4, 0.5) is 30.4 Å². The number of aromatic amines is 1. The van der Waals surface area contributed by atoms with E-state index in [1.165, 1.54) is 7.11 Å². The van der Waals surface area contributed by atoms with Gasteiger partial charge in [0.25, 0.3) is 0 Å². The van der Waals surface area contributed by atoms with Crippen molar-refractivity contribution in [1.29, 1.82) is 0 Å². The number of aromatic nitrogens is 2. The molecule has 1 fully saturated rings. The Morgan fingerprint density at radius 2 is 2.11 bits per heavy atom. The molecule has 1 aliphatic heterocycles. The molecule has 2 aromatic heterocycles. The summed E-state index contributed by atoms with van der Waals surface area (Å²) in [4.78, 5) is 8.89. The Morgan fingerprint density at radius 3 is 2.82 bits per heavy atom. The first-order valence-corrected chi connectivity index (χ1v) is 8.70. The fraction of sp³-hybridized carbons (Fsp3) is 0.316. The van der Waals surface area contributed by atoms with Gasteiger partial charge in [0.2, 0.25) is 0 Å². The number of anilines is 3. The molecule has 0 unspecified atom stereocenters. The number of rotatable bonds is 4. The van der Waals surface area contributed by atoms with Gasteiger partial charge in [0.1, 0.15) is 17.2 Å². The zero-order valence-electron chi connectivity index (χ0n) is 15.1. The maximum absolute atomic E-state index is 13.5. The predicted octanol–water partition coefficient (Wildman–Crippen LogP) is 3.97. The van der Waals surface area contributed by atoms with Crippen LogP contribution in [-0.2, 0) is 10.9 Å². The Morgan fingerprint density at radius 1 is 1.32 bits per heavy atom. The van der Waals surface area contributed by atoms with E-state index in [1.54, 1.807) is 24.3 Å². The van der Waals surface area contributed by atoms with E-state index < -0.39 is 11.7 Å². The fourth-order valence-corrected chi connectivity index (χ4v) is 3.28. The summed E-state index contributed by atoms with van der Waals surface area (Å²) in [6, 6.07) is 9.68. The van der Waals surface area contributed by atoms with Gasteiger partial charge in [0.05, 0.1) is 42.6 Å². The number of morpholine rings is 1. The van der Waals surface area contributed by atoms with Gasteiger partial charge in [-0.25, -0.2) is 4.98 Å². The van der Waals surface area contributed by atoms with Crippen LogP contribution in [0.2, 0.25) is 0 Å². The monoisotopic (exact) mass is 391 g/mol. The topological polar surface area (TPSA) is 62.4 Å². The molecule has 0 bridgehead atoms. The second-order valence-corrected chi connectivity index (χ2v) is 6.30. The molecule has 9 heteroatoms. The van der Waals surface area contributed by atoms with Crippen LogP contribution in [0.25, 0.3) is 11.0 Å². The third kappa shape index (κ3) is 3.45. The summed E-state index contributed by atoms with van der Waals surface area (Å²) in [6.07, 6.45) is -3.52. The fourth-order valence-electron chi connectivity index (χ4n) is 3.28. The number of nitrogens with zero attached hydrogens (tertiary/aromatic N) is 2. The van der Waals surface area contributed by atoms with Crippen molar-refractivity contribution in [2.75, 3.05) is 43.6 Å². The van der Waals surface area contributed by atoms with Crippen LogP contribution in [0.3, 0.4) is 0 Å². The molecule has 2 N–H and O–H groups in total. The zero-order chi connectivity index (χ0) is 19.7. The van der Waals surface area contributed by atoms with Gasteiger partial charge in [-0.05, 0) is 18.2 Å². The van der Waals surface area contributed by atoms with Crippen molar-refractivity contribution in [3.8, 4) is 5.75 Å². The molecule has 1 aromatic carbocycles. The molecule has 0 spiro atoms. The van der Waals surface area contributed by atoms with E-state index in [9.17, 15) is 13.2 Å². The molecule has 28 heavy (non-hydrogen) atoms. The Hall–Kier alpha value is -2.94. The standard InChI is InChI=1S/C19H18F3N4O2/c1-27-15-5-3-2-4-13(15)24-16-10-14(26-6-8-28-9-7-26)17-12(19(20,21)22)11-23-18(17)25-16/h2,4-5,10-11H,6-9H2,1H3,(H2,23,24,25). The SMILES string of the molecule is COc1c[c]ccc1Nc1cc(N2CCOCC2)c2c(C(F)(F)F)c[nH]c2n1. The molecule has 1 aliphatic rings. The Labute approximate surface area is 159 Å². The van der Waals surface area contributed by atoms with Gasteiger partial charge >= 0.3 is 6.18 Å². The second kappa shape index (κ2) is 7.23. The normalized spacial score (nSPS) is 15.1. The number of benzene rings is 1. The van der Waals surface area contributed by atoms with Crippen LogP contribution in [-0.4, -0.2) is 43.4 Å². The second-order valence-electron chi connectivity index (χ2n) is 6.30. The molecule has 3 heterocycles. The Balaban J connectivity index is 1.83. The summed E-state index contributed by atoms with van der Waals surface area (Å²) < 4.78 is 51.2. The highest BCUT2D eigenvalue weighted by Gasteiger charge is 2.36. The largest absolute Gasteiger partial charge is 0.495 e. The number of H-pyrrole nitrogens is 1. The zero-order valence-corrected chi connectivity index (χ0v) is 15.1. The minimum absolute atomic E-state index is 0.0633. The highest BCUT2D eigenvalue weighted by atomic mass is 19.4. The first-order valence-electron chi connectivity index (χ1n) is 8.70. The quantitative estimate of drug-likeness (QED) is 0.705. The summed E-state index contributed by atoms with van der Waals surface area (Å²) in [5.74, 6) is 0.967. The number of nitrogens with one attached hydrogen (secondary N) is 2. The van der Waals surface area contributed by atoms with Crippen molar-refractivity contribution in [1.82, 2.24) is 9.97 Å². The third-order valence-corrected chi connectivity index (χ3v) is 4.59. The number of alkyl halides is 3. The minimum Gasteiger partial charge on any atom is -0.495 e. The van der Waals surface area contributed by atoms with E-state index in [-0.39, 0.29) is 11.0 Å². The summed E-state index contributed by atoms with van der Waals surface area (Å²) in [6.45, 7) is 1.93. The summed E-state index contributed by atoms with van der Waals surface area (Å²) in [5, 5.41) is 3.19. The average molecular weight is 391 g/mol. The summed E-state index contributed by atoms with van der Waals surface area (Å²) >= 11 is 0. The number of ether oxygens (including phenoxy) is 2. The average Bonchev–Trinajstić information content (AvgIpc) is 3.13. The highest BCUT2D eigenvalue weighted by Crippen LogP contribution is 2.40. The van der Waals surface area contributed by atoms with Gasteiger partial charge in [0.15, 0.2) is 0 Å². The third-order valence-electron chi connectivity index (χ3n) is 4.59. The van der Waals surface area contributed by atoms with Gasteiger partial charge in [-0.3, -0.25) is 0 Å². The van der Waals surface area contributed by atoms with E-state index in [0.717, 1.165) is 6.20 Å². The molecule has 6 nitrogen and oxygen atoms in total. The van der Waals surface area contributed by atoms with E-state index >= 15 is 0 Å². The van der Waals surface area contributed by atoms with E-state index in [4.69, 9.17) is 9.47 Å². The molecule has 1 radical (unpaired) electrons. The number of pyridine rings is 1. The van der Waals surface area contributed by atoms with Crippen molar-refractivity contribution in [3.05, 3.63) is 42.1 Å². The smallest absolute Gasteiger partial charge is 0.418 e. The van der Waals surface area contributed by atoms with Crippen LogP contribution >= 0.6 is 0 Å². The van der Waals surface area contributed by atoms with Crippen molar-refractivity contribution < 1.29 is 22.6 Å². The van der Waals surface area contributed by atoms with Gasteiger partial charge in [-0.1, -0.05) is 6.07 Å². The van der Waals surface area contributed by atoms with Gasteiger partial charge in [-0.15, -0.1) is 0 Å². The number of halogens is 3. The van der Waals surface area contributed by atoms with Crippen molar-refractivity contribution in [2.24, 2.45) is 0 Å². The van der Waals surface area contributed by atoms with Crippen molar-refractivity contribution >= 4 is 28.2 Å². The molecule has 0 atom stereocenters. The van der Waals surface area contributed by atoms with Gasteiger partial charge < -0.3 is 24.7 Å².